The summed E-state index contributed by atoms with van der Waals surface area (Å²) in [5, 5.41) is 4.05. The standard InChI is InChI=1S/C15H22ClNO2/c1-18-15-6-5-13(9-14(15)16)10-17-7-2-8-19-11-12-3-4-12/h5-6,9,12,17H,2-4,7-8,10-11H2,1H3. The molecular formula is C15H22ClNO2. The lowest BCUT2D eigenvalue weighted by Gasteiger charge is -2.08. The number of rotatable bonds is 9. The molecule has 0 unspecified atom stereocenters. The topological polar surface area (TPSA) is 30.5 Å². The summed E-state index contributed by atoms with van der Waals surface area (Å²) in [7, 11) is 1.63. The third kappa shape index (κ3) is 5.39. The van der Waals surface area contributed by atoms with Crippen molar-refractivity contribution in [2.24, 2.45) is 5.92 Å². The minimum atomic E-state index is 0.662. The van der Waals surface area contributed by atoms with Crippen LogP contribution < -0.4 is 10.1 Å². The van der Waals surface area contributed by atoms with Crippen LogP contribution in [0.15, 0.2) is 18.2 Å². The Morgan fingerprint density at radius 3 is 2.89 bits per heavy atom. The summed E-state index contributed by atoms with van der Waals surface area (Å²) in [5.74, 6) is 1.58. The minimum absolute atomic E-state index is 0.662. The molecule has 1 N–H and O–H groups in total. The number of nitrogens with one attached hydrogen (secondary N) is 1. The molecule has 2 rings (SSSR count). The highest BCUT2D eigenvalue weighted by Gasteiger charge is 2.20. The molecule has 1 aromatic rings. The van der Waals surface area contributed by atoms with E-state index < -0.39 is 0 Å². The summed E-state index contributed by atoms with van der Waals surface area (Å²) in [5.41, 5.74) is 1.17. The largest absolute Gasteiger partial charge is 0.495 e. The van der Waals surface area contributed by atoms with Crippen molar-refractivity contribution in [2.75, 3.05) is 26.9 Å². The second-order valence-electron chi connectivity index (χ2n) is 5.02. The van der Waals surface area contributed by atoms with Crippen molar-refractivity contribution >= 4 is 11.6 Å². The summed E-state index contributed by atoms with van der Waals surface area (Å²) in [4.78, 5) is 0. The Labute approximate surface area is 120 Å². The summed E-state index contributed by atoms with van der Waals surface area (Å²) >= 11 is 6.07. The van der Waals surface area contributed by atoms with Crippen molar-refractivity contribution in [3.05, 3.63) is 28.8 Å². The third-order valence-electron chi connectivity index (χ3n) is 3.24. The predicted octanol–water partition coefficient (Wildman–Crippen LogP) is 3.25. The van der Waals surface area contributed by atoms with Crippen LogP contribution in [0.1, 0.15) is 24.8 Å². The minimum Gasteiger partial charge on any atom is -0.495 e. The van der Waals surface area contributed by atoms with Crippen LogP contribution in [-0.4, -0.2) is 26.9 Å². The van der Waals surface area contributed by atoms with E-state index in [-0.39, 0.29) is 0 Å². The molecule has 1 aromatic carbocycles. The van der Waals surface area contributed by atoms with Gasteiger partial charge in [-0.25, -0.2) is 0 Å². The van der Waals surface area contributed by atoms with E-state index in [4.69, 9.17) is 21.1 Å². The predicted molar refractivity (Wildman–Crippen MR) is 77.9 cm³/mol. The van der Waals surface area contributed by atoms with Gasteiger partial charge in [0.05, 0.1) is 12.1 Å². The van der Waals surface area contributed by atoms with E-state index in [9.17, 15) is 0 Å². The Balaban J connectivity index is 1.55. The van der Waals surface area contributed by atoms with E-state index in [1.165, 1.54) is 18.4 Å². The number of ether oxygens (including phenoxy) is 2. The van der Waals surface area contributed by atoms with E-state index in [0.717, 1.165) is 44.4 Å². The molecule has 106 valence electrons. The first-order valence-electron chi connectivity index (χ1n) is 6.90. The lowest BCUT2D eigenvalue weighted by molar-refractivity contribution is 0.122. The summed E-state index contributed by atoms with van der Waals surface area (Å²) < 4.78 is 10.7. The lowest BCUT2D eigenvalue weighted by atomic mass is 10.2. The third-order valence-corrected chi connectivity index (χ3v) is 3.53. The zero-order valence-electron chi connectivity index (χ0n) is 11.5. The van der Waals surface area contributed by atoms with Gasteiger partial charge in [0.25, 0.3) is 0 Å². The van der Waals surface area contributed by atoms with Crippen molar-refractivity contribution < 1.29 is 9.47 Å². The van der Waals surface area contributed by atoms with Gasteiger partial charge in [-0.05, 0) is 49.4 Å². The van der Waals surface area contributed by atoms with Gasteiger partial charge in [0.2, 0.25) is 0 Å². The van der Waals surface area contributed by atoms with Crippen LogP contribution in [0, 0.1) is 5.92 Å². The Morgan fingerprint density at radius 1 is 1.37 bits per heavy atom. The fourth-order valence-corrected chi connectivity index (χ4v) is 2.17. The Morgan fingerprint density at radius 2 is 2.21 bits per heavy atom. The van der Waals surface area contributed by atoms with E-state index in [1.54, 1.807) is 7.11 Å². The van der Waals surface area contributed by atoms with Gasteiger partial charge >= 0.3 is 0 Å². The summed E-state index contributed by atoms with van der Waals surface area (Å²) in [6, 6.07) is 5.87. The quantitative estimate of drug-likeness (QED) is 0.706. The molecule has 1 aliphatic rings. The summed E-state index contributed by atoms with van der Waals surface area (Å²) in [6.07, 6.45) is 3.77. The second kappa shape index (κ2) is 7.73. The number of benzene rings is 1. The SMILES string of the molecule is COc1ccc(CNCCCOCC2CC2)cc1Cl. The molecule has 0 saturated heterocycles. The molecule has 0 heterocycles. The van der Waals surface area contributed by atoms with Crippen LogP contribution in [0.4, 0.5) is 0 Å². The lowest BCUT2D eigenvalue weighted by Crippen LogP contribution is -2.16. The smallest absolute Gasteiger partial charge is 0.137 e. The van der Waals surface area contributed by atoms with E-state index in [1.807, 2.05) is 18.2 Å². The fourth-order valence-electron chi connectivity index (χ4n) is 1.89. The maximum atomic E-state index is 6.07. The Hall–Kier alpha value is -0.770. The molecule has 1 fully saturated rings. The van der Waals surface area contributed by atoms with E-state index in [2.05, 4.69) is 5.32 Å². The van der Waals surface area contributed by atoms with Crippen LogP contribution in [0.3, 0.4) is 0 Å². The van der Waals surface area contributed by atoms with Crippen molar-refractivity contribution in [1.82, 2.24) is 5.32 Å². The second-order valence-corrected chi connectivity index (χ2v) is 5.42. The van der Waals surface area contributed by atoms with Crippen molar-refractivity contribution in [3.8, 4) is 5.75 Å². The number of hydrogen-bond donors (Lipinski definition) is 1. The average molecular weight is 284 g/mol. The van der Waals surface area contributed by atoms with Gasteiger partial charge in [-0.1, -0.05) is 17.7 Å². The molecule has 3 nitrogen and oxygen atoms in total. The molecular weight excluding hydrogens is 262 g/mol. The van der Waals surface area contributed by atoms with Crippen molar-refractivity contribution in [3.63, 3.8) is 0 Å². The van der Waals surface area contributed by atoms with Gasteiger partial charge in [-0.15, -0.1) is 0 Å². The molecule has 0 aromatic heterocycles. The zero-order valence-corrected chi connectivity index (χ0v) is 12.2. The highest BCUT2D eigenvalue weighted by Crippen LogP contribution is 2.28. The molecule has 0 radical (unpaired) electrons. The highest BCUT2D eigenvalue weighted by molar-refractivity contribution is 6.32. The van der Waals surface area contributed by atoms with Gasteiger partial charge in [0, 0.05) is 19.8 Å². The monoisotopic (exact) mass is 283 g/mol. The molecule has 19 heavy (non-hydrogen) atoms. The van der Waals surface area contributed by atoms with Crippen molar-refractivity contribution in [1.29, 1.82) is 0 Å². The van der Waals surface area contributed by atoms with Crippen LogP contribution in [0.2, 0.25) is 5.02 Å². The van der Waals surface area contributed by atoms with Gasteiger partial charge < -0.3 is 14.8 Å². The van der Waals surface area contributed by atoms with Gasteiger partial charge in [0.1, 0.15) is 5.75 Å². The number of methoxy groups -OCH3 is 1. The maximum Gasteiger partial charge on any atom is 0.137 e. The fraction of sp³-hybridized carbons (Fsp3) is 0.600. The molecule has 0 aliphatic heterocycles. The highest BCUT2D eigenvalue weighted by atomic mass is 35.5. The van der Waals surface area contributed by atoms with E-state index >= 15 is 0 Å². The zero-order chi connectivity index (χ0) is 13.5. The van der Waals surface area contributed by atoms with Gasteiger partial charge in [-0.3, -0.25) is 0 Å². The number of halogens is 1. The molecule has 0 bridgehead atoms. The molecule has 1 aliphatic carbocycles. The first-order chi connectivity index (χ1) is 9.29. The molecule has 0 amide bonds. The van der Waals surface area contributed by atoms with Crippen molar-refractivity contribution in [2.45, 2.75) is 25.8 Å². The molecule has 0 atom stereocenters. The molecule has 4 heteroatoms. The Bertz CT molecular complexity index is 394. The summed E-state index contributed by atoms with van der Waals surface area (Å²) in [6.45, 7) is 3.60. The van der Waals surface area contributed by atoms with Gasteiger partial charge in [0.15, 0.2) is 0 Å². The first-order valence-corrected chi connectivity index (χ1v) is 7.28. The van der Waals surface area contributed by atoms with Crippen LogP contribution in [0.5, 0.6) is 5.75 Å². The normalized spacial score (nSPS) is 14.6. The van der Waals surface area contributed by atoms with Crippen LogP contribution >= 0.6 is 11.6 Å². The average Bonchev–Trinajstić information content (AvgIpc) is 3.22. The molecule has 0 spiro atoms. The van der Waals surface area contributed by atoms with Crippen LogP contribution in [0.25, 0.3) is 0 Å². The number of hydrogen-bond acceptors (Lipinski definition) is 3. The molecule has 1 saturated carbocycles. The maximum absolute atomic E-state index is 6.07. The first kappa shape index (κ1) is 14.6. The van der Waals surface area contributed by atoms with Gasteiger partial charge in [-0.2, -0.15) is 0 Å². The Kier molecular flexibility index (Phi) is 5.95. The van der Waals surface area contributed by atoms with E-state index in [0.29, 0.717) is 5.02 Å². The van der Waals surface area contributed by atoms with Crippen LogP contribution in [-0.2, 0) is 11.3 Å².